The predicted octanol–water partition coefficient (Wildman–Crippen LogP) is 2.48. The highest BCUT2D eigenvalue weighted by molar-refractivity contribution is 8.01. The summed E-state index contributed by atoms with van der Waals surface area (Å²) in [5.41, 5.74) is 2.12. The lowest BCUT2D eigenvalue weighted by molar-refractivity contribution is 0.206. The molecule has 2 aromatic heterocycles. The second kappa shape index (κ2) is 9.03. The lowest BCUT2D eigenvalue weighted by Crippen LogP contribution is -2.39. The maximum absolute atomic E-state index is 12.0. The maximum atomic E-state index is 12.0. The van der Waals surface area contributed by atoms with Gasteiger partial charge in [0.2, 0.25) is 0 Å². The topological polar surface area (TPSA) is 75.9 Å². The van der Waals surface area contributed by atoms with E-state index in [1.165, 1.54) is 0 Å². The standard InChI is InChI=1S/C15H24N6OS2/c1-11-10-12(2)21(19-11)8-7-20(4)14(22)16-6-5-9-23-15-18-17-13(3)24-15/h10H,5-9H2,1-4H3,(H,16,22). The molecule has 2 aromatic rings. The van der Waals surface area contributed by atoms with Crippen molar-refractivity contribution in [3.63, 3.8) is 0 Å². The zero-order chi connectivity index (χ0) is 17.5. The number of aromatic nitrogens is 4. The summed E-state index contributed by atoms with van der Waals surface area (Å²) in [6, 6.07) is 1.99. The molecule has 7 nitrogen and oxygen atoms in total. The first-order valence-corrected chi connectivity index (χ1v) is 9.69. The van der Waals surface area contributed by atoms with E-state index >= 15 is 0 Å². The van der Waals surface area contributed by atoms with Crippen molar-refractivity contribution in [1.29, 1.82) is 0 Å². The Morgan fingerprint density at radius 1 is 1.38 bits per heavy atom. The Hall–Kier alpha value is -1.61. The summed E-state index contributed by atoms with van der Waals surface area (Å²) in [7, 11) is 1.81. The molecule has 0 aliphatic heterocycles. The molecular weight excluding hydrogens is 344 g/mol. The van der Waals surface area contributed by atoms with Crippen molar-refractivity contribution in [3.05, 3.63) is 22.5 Å². The average molecular weight is 369 g/mol. The minimum absolute atomic E-state index is 0.0479. The van der Waals surface area contributed by atoms with E-state index in [2.05, 4.69) is 20.6 Å². The molecule has 0 aromatic carbocycles. The van der Waals surface area contributed by atoms with Gasteiger partial charge in [0.25, 0.3) is 0 Å². The Kier molecular flexibility index (Phi) is 7.04. The van der Waals surface area contributed by atoms with Gasteiger partial charge >= 0.3 is 6.03 Å². The van der Waals surface area contributed by atoms with Crippen molar-refractivity contribution >= 4 is 29.1 Å². The van der Waals surface area contributed by atoms with Crippen LogP contribution < -0.4 is 5.32 Å². The number of likely N-dealkylation sites (N-methyl/N-ethyl adjacent to an activating group) is 1. The minimum atomic E-state index is -0.0479. The van der Waals surface area contributed by atoms with Crippen LogP contribution in [0.2, 0.25) is 0 Å². The summed E-state index contributed by atoms with van der Waals surface area (Å²) < 4.78 is 2.92. The Balaban J connectivity index is 1.60. The number of carbonyl (C=O) groups is 1. The number of nitrogens with one attached hydrogen (secondary N) is 1. The molecule has 0 spiro atoms. The number of hydrogen-bond donors (Lipinski definition) is 1. The number of amides is 2. The first-order valence-electron chi connectivity index (χ1n) is 7.88. The molecule has 0 saturated carbocycles. The lowest BCUT2D eigenvalue weighted by Gasteiger charge is -2.18. The lowest BCUT2D eigenvalue weighted by atomic mass is 10.4. The Morgan fingerprint density at radius 2 is 2.17 bits per heavy atom. The van der Waals surface area contributed by atoms with Gasteiger partial charge < -0.3 is 10.2 Å². The normalized spacial score (nSPS) is 10.8. The molecule has 132 valence electrons. The number of aryl methyl sites for hydroxylation is 3. The zero-order valence-electron chi connectivity index (χ0n) is 14.6. The molecule has 0 bridgehead atoms. The number of thioether (sulfide) groups is 1. The first-order chi connectivity index (χ1) is 11.5. The third-order valence-electron chi connectivity index (χ3n) is 3.43. The van der Waals surface area contributed by atoms with Crippen LogP contribution in [0.3, 0.4) is 0 Å². The summed E-state index contributed by atoms with van der Waals surface area (Å²) in [5, 5.41) is 16.4. The zero-order valence-corrected chi connectivity index (χ0v) is 16.2. The number of nitrogens with zero attached hydrogens (tertiary/aromatic N) is 5. The fourth-order valence-corrected chi connectivity index (χ4v) is 3.97. The van der Waals surface area contributed by atoms with Crippen LogP contribution in [-0.2, 0) is 6.54 Å². The van der Waals surface area contributed by atoms with Gasteiger partial charge in [0, 0.05) is 31.6 Å². The highest BCUT2D eigenvalue weighted by Gasteiger charge is 2.09. The molecule has 0 atom stereocenters. The van der Waals surface area contributed by atoms with Crippen molar-refractivity contribution in [2.75, 3.05) is 25.9 Å². The van der Waals surface area contributed by atoms with Crippen LogP contribution in [0.25, 0.3) is 0 Å². The maximum Gasteiger partial charge on any atom is 0.317 e. The Morgan fingerprint density at radius 3 is 2.79 bits per heavy atom. The second-order valence-corrected chi connectivity index (χ2v) is 8.12. The van der Waals surface area contributed by atoms with Gasteiger partial charge in [0.1, 0.15) is 5.01 Å². The van der Waals surface area contributed by atoms with Crippen LogP contribution in [0.4, 0.5) is 4.79 Å². The summed E-state index contributed by atoms with van der Waals surface area (Å²) >= 11 is 3.28. The monoisotopic (exact) mass is 368 g/mol. The second-order valence-electron chi connectivity index (χ2n) is 5.59. The van der Waals surface area contributed by atoms with E-state index in [-0.39, 0.29) is 6.03 Å². The van der Waals surface area contributed by atoms with Crippen LogP contribution in [0, 0.1) is 20.8 Å². The molecule has 9 heteroatoms. The molecule has 2 rings (SSSR count). The van der Waals surface area contributed by atoms with E-state index in [9.17, 15) is 4.79 Å². The van der Waals surface area contributed by atoms with Gasteiger partial charge in [-0.15, -0.1) is 10.2 Å². The third kappa shape index (κ3) is 5.79. The molecule has 0 aliphatic carbocycles. The van der Waals surface area contributed by atoms with E-state index in [1.807, 2.05) is 31.5 Å². The van der Waals surface area contributed by atoms with Crippen LogP contribution >= 0.6 is 23.1 Å². The van der Waals surface area contributed by atoms with Gasteiger partial charge in [-0.2, -0.15) is 5.10 Å². The minimum Gasteiger partial charge on any atom is -0.338 e. The van der Waals surface area contributed by atoms with Gasteiger partial charge in [0.15, 0.2) is 4.34 Å². The molecule has 0 unspecified atom stereocenters. The molecule has 24 heavy (non-hydrogen) atoms. The molecule has 0 fully saturated rings. The van der Waals surface area contributed by atoms with Crippen LogP contribution in [-0.4, -0.2) is 56.8 Å². The predicted molar refractivity (Wildman–Crippen MR) is 97.7 cm³/mol. The number of carbonyl (C=O) groups excluding carboxylic acids is 1. The van der Waals surface area contributed by atoms with Crippen molar-refractivity contribution in [2.45, 2.75) is 38.1 Å². The fourth-order valence-electron chi connectivity index (χ4n) is 2.15. The molecule has 0 aliphatic rings. The quantitative estimate of drug-likeness (QED) is 0.572. The van der Waals surface area contributed by atoms with Crippen LogP contribution in [0.1, 0.15) is 22.8 Å². The van der Waals surface area contributed by atoms with Crippen molar-refractivity contribution < 1.29 is 4.79 Å². The molecule has 0 radical (unpaired) electrons. The smallest absolute Gasteiger partial charge is 0.317 e. The molecular formula is C15H24N6OS2. The van der Waals surface area contributed by atoms with Crippen molar-refractivity contribution in [2.24, 2.45) is 0 Å². The fraction of sp³-hybridized carbons (Fsp3) is 0.600. The molecule has 2 heterocycles. The van der Waals surface area contributed by atoms with E-state index < -0.39 is 0 Å². The van der Waals surface area contributed by atoms with Crippen LogP contribution in [0.5, 0.6) is 0 Å². The van der Waals surface area contributed by atoms with Gasteiger partial charge in [-0.3, -0.25) is 4.68 Å². The summed E-state index contributed by atoms with van der Waals surface area (Å²) in [6.45, 7) is 7.94. The summed E-state index contributed by atoms with van der Waals surface area (Å²) in [4.78, 5) is 13.7. The van der Waals surface area contributed by atoms with Gasteiger partial charge in [-0.05, 0) is 33.3 Å². The highest BCUT2D eigenvalue weighted by atomic mass is 32.2. The van der Waals surface area contributed by atoms with Gasteiger partial charge in [-0.1, -0.05) is 23.1 Å². The summed E-state index contributed by atoms with van der Waals surface area (Å²) in [6.07, 6.45) is 0.903. The van der Waals surface area contributed by atoms with Crippen molar-refractivity contribution in [3.8, 4) is 0 Å². The molecule has 1 N–H and O–H groups in total. The van der Waals surface area contributed by atoms with E-state index in [4.69, 9.17) is 0 Å². The molecule has 0 saturated heterocycles. The number of rotatable bonds is 8. The number of urea groups is 1. The van der Waals surface area contributed by atoms with Crippen molar-refractivity contribution in [1.82, 2.24) is 30.2 Å². The largest absolute Gasteiger partial charge is 0.338 e. The van der Waals surface area contributed by atoms with Gasteiger partial charge in [0.05, 0.1) is 12.2 Å². The highest BCUT2D eigenvalue weighted by Crippen LogP contribution is 2.21. The van der Waals surface area contributed by atoms with E-state index in [0.717, 1.165) is 32.9 Å². The van der Waals surface area contributed by atoms with Crippen LogP contribution in [0.15, 0.2) is 10.4 Å². The van der Waals surface area contributed by atoms with E-state index in [1.54, 1.807) is 35.0 Å². The SMILES string of the molecule is Cc1cc(C)n(CCN(C)C(=O)NCCCSc2nnc(C)s2)n1. The number of hydrogen-bond acceptors (Lipinski definition) is 6. The summed E-state index contributed by atoms with van der Waals surface area (Å²) in [5.74, 6) is 0.921. The first kappa shape index (κ1) is 18.7. The average Bonchev–Trinajstić information content (AvgIpc) is 3.09. The van der Waals surface area contributed by atoms with E-state index in [0.29, 0.717) is 19.6 Å². The Bertz CT molecular complexity index is 669. The van der Waals surface area contributed by atoms with Gasteiger partial charge in [-0.25, -0.2) is 4.79 Å². The Labute approximate surface area is 150 Å². The molecule has 2 amide bonds. The third-order valence-corrected chi connectivity index (χ3v) is 5.49.